The molecule has 0 aliphatic carbocycles. The van der Waals surface area contributed by atoms with E-state index in [1.165, 1.54) is 15.7 Å². The fourth-order valence-corrected chi connectivity index (χ4v) is 3.06. The first-order valence-corrected chi connectivity index (χ1v) is 7.85. The molecule has 1 aromatic carbocycles. The maximum atomic E-state index is 11.3. The zero-order valence-electron chi connectivity index (χ0n) is 11.0. The van der Waals surface area contributed by atoms with Crippen LogP contribution in [-0.2, 0) is 0 Å². The van der Waals surface area contributed by atoms with E-state index in [1.54, 1.807) is 11.6 Å². The molecule has 0 saturated carbocycles. The van der Waals surface area contributed by atoms with Crippen LogP contribution >= 0.6 is 27.3 Å². The number of thiazole rings is 1. The van der Waals surface area contributed by atoms with Crippen LogP contribution in [0.3, 0.4) is 0 Å². The Hall–Kier alpha value is -1.93. The van der Waals surface area contributed by atoms with Gasteiger partial charge < -0.3 is 15.4 Å². The Balaban J connectivity index is 1.93. The van der Waals surface area contributed by atoms with Crippen molar-refractivity contribution in [2.45, 2.75) is 13.0 Å². The van der Waals surface area contributed by atoms with Crippen LogP contribution in [-0.4, -0.2) is 14.3 Å². The molecule has 1 atom stereocenters. The lowest BCUT2D eigenvalue weighted by molar-refractivity contribution is -0.389. The SMILES string of the molecule is CC(Nc1nc2sccn2c1[N+](=O)[O-])c1ccc(Br)cc1. The standard InChI is InChI=1S/C13H11BrN4O2S/c1-8(9-2-4-10(14)5-3-9)15-11-12(18(19)20)17-6-7-21-13(17)16-11/h2-8,15H,1H3. The summed E-state index contributed by atoms with van der Waals surface area (Å²) in [4.78, 5) is 15.7. The Morgan fingerprint density at radius 3 is 2.81 bits per heavy atom. The van der Waals surface area contributed by atoms with Gasteiger partial charge in [0.05, 0.1) is 6.04 Å². The van der Waals surface area contributed by atoms with E-state index in [1.807, 2.05) is 31.2 Å². The van der Waals surface area contributed by atoms with Gasteiger partial charge in [-0.25, -0.2) is 0 Å². The van der Waals surface area contributed by atoms with E-state index in [4.69, 9.17) is 0 Å². The van der Waals surface area contributed by atoms with Gasteiger partial charge in [0.15, 0.2) is 0 Å². The number of nitro groups is 1. The average Bonchev–Trinajstić information content (AvgIpc) is 2.98. The van der Waals surface area contributed by atoms with Gasteiger partial charge in [-0.15, -0.1) is 0 Å². The summed E-state index contributed by atoms with van der Waals surface area (Å²) in [7, 11) is 0. The number of nitrogens with one attached hydrogen (secondary N) is 1. The predicted octanol–water partition coefficient (Wildman–Crippen LogP) is 4.24. The fourth-order valence-electron chi connectivity index (χ4n) is 2.08. The molecule has 0 aliphatic rings. The number of fused-ring (bicyclic) bond motifs is 1. The number of hydrogen-bond acceptors (Lipinski definition) is 5. The van der Waals surface area contributed by atoms with Crippen LogP contribution in [0, 0.1) is 10.1 Å². The van der Waals surface area contributed by atoms with Gasteiger partial charge in [0.25, 0.3) is 4.96 Å². The van der Waals surface area contributed by atoms with Crippen LogP contribution in [0.15, 0.2) is 40.3 Å². The monoisotopic (exact) mass is 366 g/mol. The maximum absolute atomic E-state index is 11.3. The highest BCUT2D eigenvalue weighted by molar-refractivity contribution is 9.10. The quantitative estimate of drug-likeness (QED) is 0.553. The molecule has 8 heteroatoms. The van der Waals surface area contributed by atoms with E-state index < -0.39 is 4.92 Å². The highest BCUT2D eigenvalue weighted by Crippen LogP contribution is 2.30. The van der Waals surface area contributed by atoms with Crippen molar-refractivity contribution in [3.8, 4) is 0 Å². The summed E-state index contributed by atoms with van der Waals surface area (Å²) in [6.07, 6.45) is 1.65. The minimum atomic E-state index is -0.413. The first-order valence-electron chi connectivity index (χ1n) is 6.18. The van der Waals surface area contributed by atoms with Crippen LogP contribution in [0.4, 0.5) is 11.6 Å². The molecule has 108 valence electrons. The van der Waals surface area contributed by atoms with Crippen molar-refractivity contribution in [2.24, 2.45) is 0 Å². The minimum absolute atomic E-state index is 0.0322. The second-order valence-electron chi connectivity index (χ2n) is 4.51. The van der Waals surface area contributed by atoms with Crippen LogP contribution in [0.1, 0.15) is 18.5 Å². The van der Waals surface area contributed by atoms with E-state index >= 15 is 0 Å². The molecular weight excluding hydrogens is 356 g/mol. The Morgan fingerprint density at radius 2 is 2.14 bits per heavy atom. The third kappa shape index (κ3) is 2.64. The Kier molecular flexibility index (Phi) is 3.64. The molecule has 0 bridgehead atoms. The van der Waals surface area contributed by atoms with Gasteiger partial charge in [0.1, 0.15) is 6.20 Å². The fraction of sp³-hybridized carbons (Fsp3) is 0.154. The molecule has 0 radical (unpaired) electrons. The van der Waals surface area contributed by atoms with Gasteiger partial charge in [0.2, 0.25) is 5.82 Å². The molecule has 0 fully saturated rings. The highest BCUT2D eigenvalue weighted by atomic mass is 79.9. The highest BCUT2D eigenvalue weighted by Gasteiger charge is 2.24. The normalized spacial score (nSPS) is 12.5. The molecule has 21 heavy (non-hydrogen) atoms. The number of benzene rings is 1. The summed E-state index contributed by atoms with van der Waals surface area (Å²) in [5.74, 6) is 0.262. The van der Waals surface area contributed by atoms with E-state index in [9.17, 15) is 10.1 Å². The molecule has 1 N–H and O–H groups in total. The molecule has 2 heterocycles. The summed E-state index contributed by atoms with van der Waals surface area (Å²) >= 11 is 4.75. The van der Waals surface area contributed by atoms with Crippen LogP contribution in [0.2, 0.25) is 0 Å². The molecule has 0 saturated heterocycles. The van der Waals surface area contributed by atoms with Crippen molar-refractivity contribution in [1.82, 2.24) is 9.38 Å². The Morgan fingerprint density at radius 1 is 1.43 bits per heavy atom. The first-order chi connectivity index (χ1) is 10.1. The molecule has 0 spiro atoms. The van der Waals surface area contributed by atoms with Crippen molar-refractivity contribution in [2.75, 3.05) is 5.32 Å². The van der Waals surface area contributed by atoms with Gasteiger partial charge in [0, 0.05) is 9.85 Å². The lowest BCUT2D eigenvalue weighted by Crippen LogP contribution is -2.08. The number of halogens is 1. The van der Waals surface area contributed by atoms with Gasteiger partial charge >= 0.3 is 5.82 Å². The Labute approximate surface area is 132 Å². The predicted molar refractivity (Wildman–Crippen MR) is 85.9 cm³/mol. The van der Waals surface area contributed by atoms with E-state index in [0.29, 0.717) is 10.8 Å². The van der Waals surface area contributed by atoms with Crippen molar-refractivity contribution in [3.63, 3.8) is 0 Å². The Bertz CT molecular complexity index is 796. The number of hydrogen-bond donors (Lipinski definition) is 1. The maximum Gasteiger partial charge on any atom is 0.372 e. The largest absolute Gasteiger partial charge is 0.372 e. The second kappa shape index (κ2) is 5.45. The zero-order chi connectivity index (χ0) is 15.0. The first kappa shape index (κ1) is 14.0. The van der Waals surface area contributed by atoms with Crippen LogP contribution in [0.25, 0.3) is 4.96 Å². The molecule has 2 aromatic heterocycles. The molecule has 0 aliphatic heterocycles. The minimum Gasteiger partial charge on any atom is -0.358 e. The van der Waals surface area contributed by atoms with E-state index in [2.05, 4.69) is 26.2 Å². The van der Waals surface area contributed by atoms with Crippen LogP contribution in [0.5, 0.6) is 0 Å². The summed E-state index contributed by atoms with van der Waals surface area (Å²) < 4.78 is 2.48. The third-order valence-corrected chi connectivity index (χ3v) is 4.42. The molecule has 1 unspecified atom stereocenters. The number of aromatic nitrogens is 2. The van der Waals surface area contributed by atoms with Crippen LogP contribution < -0.4 is 5.32 Å². The molecule has 3 rings (SSSR count). The lowest BCUT2D eigenvalue weighted by Gasteiger charge is -2.13. The van der Waals surface area contributed by atoms with Crippen molar-refractivity contribution < 1.29 is 4.92 Å². The number of imidazole rings is 1. The summed E-state index contributed by atoms with van der Waals surface area (Å²) in [5, 5.41) is 16.2. The van der Waals surface area contributed by atoms with Crippen molar-refractivity contribution in [3.05, 3.63) is 56.0 Å². The zero-order valence-corrected chi connectivity index (χ0v) is 13.4. The number of anilines is 1. The smallest absolute Gasteiger partial charge is 0.358 e. The number of rotatable bonds is 4. The van der Waals surface area contributed by atoms with Crippen molar-refractivity contribution in [1.29, 1.82) is 0 Å². The summed E-state index contributed by atoms with van der Waals surface area (Å²) in [6.45, 7) is 1.94. The van der Waals surface area contributed by atoms with Gasteiger partial charge in [-0.2, -0.15) is 9.38 Å². The molecule has 3 aromatic rings. The molecule has 0 amide bonds. The van der Waals surface area contributed by atoms with Gasteiger partial charge in [-0.05, 0) is 29.5 Å². The van der Waals surface area contributed by atoms with E-state index in [0.717, 1.165) is 10.0 Å². The average molecular weight is 367 g/mol. The third-order valence-electron chi connectivity index (χ3n) is 3.13. The molecule has 6 nitrogen and oxygen atoms in total. The lowest BCUT2D eigenvalue weighted by atomic mass is 10.1. The van der Waals surface area contributed by atoms with Crippen molar-refractivity contribution >= 4 is 43.9 Å². The van der Waals surface area contributed by atoms with Gasteiger partial charge in [-0.3, -0.25) is 0 Å². The number of nitrogens with zero attached hydrogens (tertiary/aromatic N) is 3. The summed E-state index contributed by atoms with van der Waals surface area (Å²) in [6, 6.07) is 7.72. The molecular formula is C13H11BrN4O2S. The van der Waals surface area contributed by atoms with E-state index in [-0.39, 0.29) is 11.9 Å². The topological polar surface area (TPSA) is 72.5 Å². The summed E-state index contributed by atoms with van der Waals surface area (Å²) in [5.41, 5.74) is 1.03. The second-order valence-corrected chi connectivity index (χ2v) is 6.30. The van der Waals surface area contributed by atoms with Gasteiger partial charge in [-0.1, -0.05) is 39.4 Å².